The van der Waals surface area contributed by atoms with Crippen molar-refractivity contribution in [1.82, 2.24) is 20.6 Å². The topological polar surface area (TPSA) is 108 Å². The van der Waals surface area contributed by atoms with Crippen LogP contribution in [0, 0.1) is 0 Å². The molecule has 8 nitrogen and oxygen atoms in total. The van der Waals surface area contributed by atoms with Gasteiger partial charge < -0.3 is 10.6 Å². The second kappa shape index (κ2) is 7.58. The monoisotopic (exact) mass is 330 g/mol. The Hall–Kier alpha value is -2.90. The van der Waals surface area contributed by atoms with E-state index >= 15 is 0 Å². The van der Waals surface area contributed by atoms with Crippen molar-refractivity contribution in [3.8, 4) is 0 Å². The normalized spacial score (nSPS) is 10.8. The Balaban J connectivity index is 2.32. The summed E-state index contributed by atoms with van der Waals surface area (Å²) in [5.41, 5.74) is 1.24. The molecule has 4 N–H and O–H groups in total. The number of para-hydroxylation sites is 2. The number of hydrogen-bond acceptors (Lipinski definition) is 4. The van der Waals surface area contributed by atoms with Gasteiger partial charge in [0.25, 0.3) is 0 Å². The summed E-state index contributed by atoms with van der Waals surface area (Å²) in [5.74, 6) is 0.372. The van der Waals surface area contributed by atoms with Crippen LogP contribution in [0.25, 0.3) is 11.0 Å². The number of fused-ring (bicyclic) bond motifs is 1. The SMILES string of the molecule is CC(C)NC(=O)Nc1nc2ccccc2nc1NC(=O)NC(C)C. The second-order valence-corrected chi connectivity index (χ2v) is 5.92. The van der Waals surface area contributed by atoms with E-state index in [9.17, 15) is 9.59 Å². The number of nitrogens with zero attached hydrogens (tertiary/aromatic N) is 2. The van der Waals surface area contributed by atoms with Crippen LogP contribution in [0.15, 0.2) is 24.3 Å². The molecule has 128 valence electrons. The molecule has 0 fully saturated rings. The minimum absolute atomic E-state index is 0.0286. The van der Waals surface area contributed by atoms with E-state index in [0.29, 0.717) is 11.0 Å². The number of rotatable bonds is 4. The quantitative estimate of drug-likeness (QED) is 0.691. The molecule has 0 atom stereocenters. The second-order valence-electron chi connectivity index (χ2n) is 5.92. The summed E-state index contributed by atoms with van der Waals surface area (Å²) >= 11 is 0. The van der Waals surface area contributed by atoms with Crippen LogP contribution in [0.1, 0.15) is 27.7 Å². The molecule has 0 aliphatic rings. The maximum Gasteiger partial charge on any atom is 0.320 e. The van der Waals surface area contributed by atoms with Gasteiger partial charge in [0.05, 0.1) is 11.0 Å². The van der Waals surface area contributed by atoms with Crippen molar-refractivity contribution in [3.63, 3.8) is 0 Å². The lowest BCUT2D eigenvalue weighted by molar-refractivity contribution is 0.248. The van der Waals surface area contributed by atoms with Gasteiger partial charge in [0.15, 0.2) is 11.6 Å². The van der Waals surface area contributed by atoms with Crippen LogP contribution in [0.3, 0.4) is 0 Å². The lowest BCUT2D eigenvalue weighted by atomic mass is 10.3. The number of anilines is 2. The maximum absolute atomic E-state index is 12.0. The van der Waals surface area contributed by atoms with Crippen LogP contribution in [0.2, 0.25) is 0 Å². The molecule has 0 spiro atoms. The minimum Gasteiger partial charge on any atom is -0.336 e. The van der Waals surface area contributed by atoms with E-state index in [4.69, 9.17) is 0 Å². The van der Waals surface area contributed by atoms with E-state index in [0.717, 1.165) is 0 Å². The van der Waals surface area contributed by atoms with Crippen molar-refractivity contribution in [1.29, 1.82) is 0 Å². The lowest BCUT2D eigenvalue weighted by Gasteiger charge is -2.15. The van der Waals surface area contributed by atoms with E-state index < -0.39 is 12.1 Å². The molecule has 0 radical (unpaired) electrons. The van der Waals surface area contributed by atoms with Gasteiger partial charge >= 0.3 is 12.1 Å². The van der Waals surface area contributed by atoms with Gasteiger partial charge in [-0.2, -0.15) is 0 Å². The third-order valence-corrected chi connectivity index (χ3v) is 2.87. The third-order valence-electron chi connectivity index (χ3n) is 2.87. The van der Waals surface area contributed by atoms with Crippen molar-refractivity contribution >= 4 is 34.7 Å². The molecule has 1 aromatic heterocycles. The fraction of sp³-hybridized carbons (Fsp3) is 0.375. The summed E-state index contributed by atoms with van der Waals surface area (Å²) in [4.78, 5) is 32.7. The Morgan fingerprint density at radius 1 is 0.792 bits per heavy atom. The number of nitrogens with one attached hydrogen (secondary N) is 4. The Morgan fingerprint density at radius 2 is 1.17 bits per heavy atom. The van der Waals surface area contributed by atoms with Gasteiger partial charge in [-0.1, -0.05) is 12.1 Å². The maximum atomic E-state index is 12.0. The number of hydrogen-bond donors (Lipinski definition) is 4. The average Bonchev–Trinajstić information content (AvgIpc) is 2.46. The predicted molar refractivity (Wildman–Crippen MR) is 94.1 cm³/mol. The van der Waals surface area contributed by atoms with E-state index in [1.54, 1.807) is 12.1 Å². The number of carbonyl (C=O) groups is 2. The van der Waals surface area contributed by atoms with Gasteiger partial charge in [0, 0.05) is 12.1 Å². The number of amides is 4. The number of carbonyl (C=O) groups excluding carboxylic acids is 2. The standard InChI is InChI=1S/C16H22N6O2/c1-9(2)17-15(23)21-13-14(22-16(24)18-10(3)4)20-12-8-6-5-7-11(12)19-13/h5-10H,1-4H3,(H2,17,19,21,23)(H2,18,20,22,24). The average molecular weight is 330 g/mol. The summed E-state index contributed by atoms with van der Waals surface area (Å²) in [6, 6.07) is 6.33. The highest BCUT2D eigenvalue weighted by atomic mass is 16.2. The largest absolute Gasteiger partial charge is 0.336 e. The lowest BCUT2D eigenvalue weighted by Crippen LogP contribution is -2.36. The molecule has 0 saturated carbocycles. The van der Waals surface area contributed by atoms with Crippen molar-refractivity contribution < 1.29 is 9.59 Å². The molecule has 24 heavy (non-hydrogen) atoms. The molecule has 4 amide bonds. The first-order chi connectivity index (χ1) is 11.3. The van der Waals surface area contributed by atoms with Crippen molar-refractivity contribution in [2.45, 2.75) is 39.8 Å². The molecule has 0 aliphatic heterocycles. The van der Waals surface area contributed by atoms with Gasteiger partial charge in [-0.3, -0.25) is 10.6 Å². The summed E-state index contributed by atoms with van der Waals surface area (Å²) in [5, 5.41) is 10.7. The molecule has 2 aromatic rings. The number of urea groups is 2. The molecule has 1 heterocycles. The van der Waals surface area contributed by atoms with Gasteiger partial charge in [0.1, 0.15) is 0 Å². The van der Waals surface area contributed by atoms with Crippen LogP contribution < -0.4 is 21.3 Å². The Morgan fingerprint density at radius 3 is 1.50 bits per heavy atom. The number of aromatic nitrogens is 2. The highest BCUT2D eigenvalue weighted by molar-refractivity contribution is 5.98. The van der Waals surface area contributed by atoms with Gasteiger partial charge in [-0.15, -0.1) is 0 Å². The van der Waals surface area contributed by atoms with Crippen LogP contribution in [0.4, 0.5) is 21.2 Å². The molecule has 2 rings (SSSR count). The zero-order chi connectivity index (χ0) is 17.7. The molecular weight excluding hydrogens is 308 g/mol. The predicted octanol–water partition coefficient (Wildman–Crippen LogP) is 2.69. The first-order valence-electron chi connectivity index (χ1n) is 7.77. The van der Waals surface area contributed by atoms with Crippen LogP contribution in [-0.2, 0) is 0 Å². The Labute approximate surface area is 140 Å². The Bertz CT molecular complexity index is 682. The first-order valence-corrected chi connectivity index (χ1v) is 7.77. The highest BCUT2D eigenvalue weighted by Crippen LogP contribution is 2.21. The smallest absolute Gasteiger partial charge is 0.320 e. The minimum atomic E-state index is -0.415. The van der Waals surface area contributed by atoms with Crippen molar-refractivity contribution in [2.24, 2.45) is 0 Å². The van der Waals surface area contributed by atoms with E-state index in [-0.39, 0.29) is 23.7 Å². The molecular formula is C16H22N6O2. The van der Waals surface area contributed by atoms with E-state index in [1.807, 2.05) is 39.8 Å². The first kappa shape index (κ1) is 17.5. The summed E-state index contributed by atoms with van der Waals surface area (Å²) in [6.07, 6.45) is 0. The summed E-state index contributed by atoms with van der Waals surface area (Å²) in [6.45, 7) is 7.39. The molecule has 0 saturated heterocycles. The van der Waals surface area contributed by atoms with Crippen LogP contribution in [0.5, 0.6) is 0 Å². The van der Waals surface area contributed by atoms with Gasteiger partial charge in [0.2, 0.25) is 0 Å². The summed E-state index contributed by atoms with van der Waals surface area (Å²) in [7, 11) is 0. The van der Waals surface area contributed by atoms with E-state index in [2.05, 4.69) is 31.2 Å². The molecule has 0 bridgehead atoms. The van der Waals surface area contributed by atoms with Crippen LogP contribution in [-0.4, -0.2) is 34.1 Å². The van der Waals surface area contributed by atoms with Gasteiger partial charge in [-0.25, -0.2) is 19.6 Å². The fourth-order valence-corrected chi connectivity index (χ4v) is 1.99. The highest BCUT2D eigenvalue weighted by Gasteiger charge is 2.15. The summed E-state index contributed by atoms with van der Waals surface area (Å²) < 4.78 is 0. The van der Waals surface area contributed by atoms with Crippen molar-refractivity contribution in [3.05, 3.63) is 24.3 Å². The molecule has 8 heteroatoms. The van der Waals surface area contributed by atoms with E-state index in [1.165, 1.54) is 0 Å². The number of benzene rings is 1. The van der Waals surface area contributed by atoms with Gasteiger partial charge in [-0.05, 0) is 39.8 Å². The van der Waals surface area contributed by atoms with Crippen LogP contribution >= 0.6 is 0 Å². The molecule has 1 aromatic carbocycles. The molecule has 0 aliphatic carbocycles. The zero-order valence-electron chi connectivity index (χ0n) is 14.2. The fourth-order valence-electron chi connectivity index (χ4n) is 1.99. The third kappa shape index (κ3) is 4.80. The zero-order valence-corrected chi connectivity index (χ0v) is 14.2. The van der Waals surface area contributed by atoms with Crippen molar-refractivity contribution in [2.75, 3.05) is 10.6 Å². The molecule has 0 unspecified atom stereocenters. The Kier molecular flexibility index (Phi) is 5.51.